The predicted octanol–water partition coefficient (Wildman–Crippen LogP) is 14.0. The number of carbonyl (C=O) groups is 3. The number of unbranched alkanes of at least 4 members (excludes halogenated alkanes) is 28. The van der Waals surface area contributed by atoms with Crippen molar-refractivity contribution >= 4 is 17.9 Å². The number of allylic oxidation sites excluding steroid dienone is 4. The van der Waals surface area contributed by atoms with Crippen LogP contribution in [0.5, 0.6) is 0 Å². The number of ether oxygens (including phenoxy) is 4. The van der Waals surface area contributed by atoms with Crippen molar-refractivity contribution in [3.8, 4) is 0 Å². The second kappa shape index (κ2) is 44.4. The van der Waals surface area contributed by atoms with Crippen molar-refractivity contribution in [2.45, 2.75) is 245 Å². The molecule has 0 saturated carbocycles. The Morgan fingerprint density at radius 3 is 1.30 bits per heavy atom. The lowest BCUT2D eigenvalue weighted by Crippen LogP contribution is -2.40. The van der Waals surface area contributed by atoms with Gasteiger partial charge in [-0.25, -0.2) is 4.79 Å². The largest absolute Gasteiger partial charge is 0.477 e. The Kier molecular flexibility index (Phi) is 42.8. The van der Waals surface area contributed by atoms with E-state index in [4.69, 9.17) is 18.9 Å². The van der Waals surface area contributed by atoms with Crippen LogP contribution in [0.4, 0.5) is 0 Å². The standard InChI is InChI=1S/C52H97NO8/c1-6-8-10-12-14-16-17-18-19-20-21-22-23-24-25-26-27-28-29-30-31-32-33-35-37-39-41-43-50(55)61-48(47-60-52(51(56)57)58-45-44-53(3,4)5)46-59-49(54)42-40-38-36-34-15-13-11-9-7-2/h17-18,20-21,48,52H,6-16,19,22-47H2,1-5H3/p+1/b18-17-,21-20-. The highest BCUT2D eigenvalue weighted by atomic mass is 16.7. The lowest BCUT2D eigenvalue weighted by molar-refractivity contribution is -0.870. The van der Waals surface area contributed by atoms with Crippen LogP contribution in [0.15, 0.2) is 24.3 Å². The molecule has 0 aromatic rings. The molecule has 9 nitrogen and oxygen atoms in total. The third-order valence-corrected chi connectivity index (χ3v) is 11.2. The summed E-state index contributed by atoms with van der Waals surface area (Å²) in [6.45, 7) is 4.86. The van der Waals surface area contributed by atoms with E-state index in [0.717, 1.165) is 44.9 Å². The van der Waals surface area contributed by atoms with Crippen LogP contribution in [-0.2, 0) is 33.3 Å². The molecule has 1 N–H and O–H groups in total. The van der Waals surface area contributed by atoms with Gasteiger partial charge in [0.25, 0.3) is 6.29 Å². The number of carboxylic acids is 1. The van der Waals surface area contributed by atoms with Gasteiger partial charge in [-0.3, -0.25) is 9.59 Å². The molecule has 61 heavy (non-hydrogen) atoms. The number of rotatable bonds is 47. The topological polar surface area (TPSA) is 108 Å². The number of esters is 2. The van der Waals surface area contributed by atoms with E-state index >= 15 is 0 Å². The maximum Gasteiger partial charge on any atom is 0.361 e. The second-order valence-electron chi connectivity index (χ2n) is 18.5. The smallest absolute Gasteiger partial charge is 0.361 e. The normalized spacial score (nSPS) is 13.0. The van der Waals surface area contributed by atoms with Gasteiger partial charge < -0.3 is 28.5 Å². The van der Waals surface area contributed by atoms with Crippen LogP contribution < -0.4 is 0 Å². The summed E-state index contributed by atoms with van der Waals surface area (Å²) < 4.78 is 22.7. The Bertz CT molecular complexity index is 1050. The lowest BCUT2D eigenvalue weighted by atomic mass is 10.0. The molecule has 0 fully saturated rings. The van der Waals surface area contributed by atoms with Gasteiger partial charge in [0, 0.05) is 12.8 Å². The molecule has 0 bridgehead atoms. The van der Waals surface area contributed by atoms with Gasteiger partial charge in [-0.15, -0.1) is 0 Å². The molecule has 2 unspecified atom stereocenters. The van der Waals surface area contributed by atoms with Gasteiger partial charge in [0.05, 0.1) is 34.4 Å². The van der Waals surface area contributed by atoms with Gasteiger partial charge in [-0.05, 0) is 44.9 Å². The Balaban J connectivity index is 4.14. The monoisotopic (exact) mass is 865 g/mol. The fourth-order valence-corrected chi connectivity index (χ4v) is 7.22. The minimum atomic E-state index is -1.50. The summed E-state index contributed by atoms with van der Waals surface area (Å²) in [7, 11) is 5.96. The lowest BCUT2D eigenvalue weighted by Gasteiger charge is -2.25. The summed E-state index contributed by atoms with van der Waals surface area (Å²) >= 11 is 0. The summed E-state index contributed by atoms with van der Waals surface area (Å²) in [6.07, 6.45) is 46.9. The molecule has 0 aromatic heterocycles. The van der Waals surface area contributed by atoms with E-state index in [9.17, 15) is 19.5 Å². The van der Waals surface area contributed by atoms with E-state index in [1.54, 1.807) is 0 Å². The average molecular weight is 865 g/mol. The SMILES string of the molecule is CCCCCCC/C=C\C/C=C\CCCCCCCCCCCCCCCCCC(=O)OC(COC(=O)CCCCCCCCCCC)COC(OCC[N+](C)(C)C)C(=O)O. The number of quaternary nitrogens is 1. The molecule has 0 aromatic carbocycles. The first kappa shape index (κ1) is 58.8. The zero-order chi connectivity index (χ0) is 44.9. The molecule has 0 aliphatic carbocycles. The van der Waals surface area contributed by atoms with Crippen LogP contribution in [0.1, 0.15) is 232 Å². The van der Waals surface area contributed by atoms with Gasteiger partial charge in [-0.2, -0.15) is 0 Å². The number of hydrogen-bond acceptors (Lipinski definition) is 7. The molecule has 9 heteroatoms. The molecule has 0 aliphatic rings. The number of likely N-dealkylation sites (N-methyl/N-ethyl adjacent to an activating group) is 1. The molecule has 0 radical (unpaired) electrons. The van der Waals surface area contributed by atoms with Crippen molar-refractivity contribution in [1.29, 1.82) is 0 Å². The number of aliphatic carboxylic acids is 1. The van der Waals surface area contributed by atoms with Gasteiger partial charge in [-0.1, -0.05) is 199 Å². The van der Waals surface area contributed by atoms with E-state index < -0.39 is 24.3 Å². The van der Waals surface area contributed by atoms with Crippen LogP contribution in [-0.4, -0.2) is 87.4 Å². The van der Waals surface area contributed by atoms with Crippen molar-refractivity contribution in [1.82, 2.24) is 0 Å². The van der Waals surface area contributed by atoms with E-state index in [0.29, 0.717) is 17.4 Å². The van der Waals surface area contributed by atoms with Crippen molar-refractivity contribution in [2.75, 3.05) is 47.5 Å². The number of carbonyl (C=O) groups excluding carboxylic acids is 2. The molecule has 0 saturated heterocycles. The number of hydrogen-bond donors (Lipinski definition) is 1. The van der Waals surface area contributed by atoms with Gasteiger partial charge >= 0.3 is 17.9 Å². The molecular formula is C52H98NO8+. The first-order chi connectivity index (χ1) is 29.6. The van der Waals surface area contributed by atoms with Gasteiger partial charge in [0.1, 0.15) is 13.2 Å². The highest BCUT2D eigenvalue weighted by Crippen LogP contribution is 2.16. The van der Waals surface area contributed by atoms with Crippen LogP contribution in [0.3, 0.4) is 0 Å². The molecule has 0 aliphatic heterocycles. The van der Waals surface area contributed by atoms with E-state index in [2.05, 4.69) is 38.2 Å². The Hall–Kier alpha value is -2.23. The van der Waals surface area contributed by atoms with Crippen LogP contribution in [0.2, 0.25) is 0 Å². The molecule has 358 valence electrons. The Morgan fingerprint density at radius 2 is 0.885 bits per heavy atom. The number of nitrogens with zero attached hydrogens (tertiary/aromatic N) is 1. The van der Waals surface area contributed by atoms with Crippen LogP contribution in [0.25, 0.3) is 0 Å². The minimum Gasteiger partial charge on any atom is -0.477 e. The first-order valence-corrected chi connectivity index (χ1v) is 25.5. The van der Waals surface area contributed by atoms with E-state index in [-0.39, 0.29) is 32.2 Å². The summed E-state index contributed by atoms with van der Waals surface area (Å²) in [5.74, 6) is -2.00. The Labute approximate surface area is 376 Å². The third-order valence-electron chi connectivity index (χ3n) is 11.2. The van der Waals surface area contributed by atoms with Gasteiger partial charge in [0.15, 0.2) is 6.10 Å². The molecule has 0 heterocycles. The first-order valence-electron chi connectivity index (χ1n) is 25.5. The maximum absolute atomic E-state index is 12.8. The van der Waals surface area contributed by atoms with Crippen molar-refractivity contribution < 1.29 is 42.9 Å². The van der Waals surface area contributed by atoms with Crippen LogP contribution >= 0.6 is 0 Å². The fraction of sp³-hybridized carbons (Fsp3) is 0.865. The molecular weight excluding hydrogens is 767 g/mol. The molecule has 0 amide bonds. The van der Waals surface area contributed by atoms with Crippen molar-refractivity contribution in [3.05, 3.63) is 24.3 Å². The summed E-state index contributed by atoms with van der Waals surface area (Å²) in [5.41, 5.74) is 0. The second-order valence-corrected chi connectivity index (χ2v) is 18.5. The number of carboxylic acid groups (broad SMARTS) is 1. The predicted molar refractivity (Wildman–Crippen MR) is 254 cm³/mol. The van der Waals surface area contributed by atoms with E-state index in [1.807, 2.05) is 21.1 Å². The third kappa shape index (κ3) is 45.6. The quantitative estimate of drug-likeness (QED) is 0.0212. The zero-order valence-corrected chi connectivity index (χ0v) is 40.6. The van der Waals surface area contributed by atoms with Crippen molar-refractivity contribution in [2.24, 2.45) is 0 Å². The van der Waals surface area contributed by atoms with Crippen molar-refractivity contribution in [3.63, 3.8) is 0 Å². The highest BCUT2D eigenvalue weighted by molar-refractivity contribution is 5.71. The maximum atomic E-state index is 12.8. The molecule has 0 spiro atoms. The minimum absolute atomic E-state index is 0.177. The van der Waals surface area contributed by atoms with E-state index in [1.165, 1.54) is 161 Å². The fourth-order valence-electron chi connectivity index (χ4n) is 7.22. The summed E-state index contributed by atoms with van der Waals surface area (Å²) in [5, 5.41) is 9.64. The summed E-state index contributed by atoms with van der Waals surface area (Å²) in [6, 6.07) is 0. The zero-order valence-electron chi connectivity index (χ0n) is 40.6. The Morgan fingerprint density at radius 1 is 0.492 bits per heavy atom. The van der Waals surface area contributed by atoms with Crippen LogP contribution in [0, 0.1) is 0 Å². The van der Waals surface area contributed by atoms with Gasteiger partial charge in [0.2, 0.25) is 0 Å². The molecule has 0 rings (SSSR count). The molecule has 2 atom stereocenters. The highest BCUT2D eigenvalue weighted by Gasteiger charge is 2.25. The summed E-state index contributed by atoms with van der Waals surface area (Å²) in [4.78, 5) is 37.1. The average Bonchev–Trinajstić information content (AvgIpc) is 3.22.